The predicted octanol–water partition coefficient (Wildman–Crippen LogP) is 1.77. The van der Waals surface area contributed by atoms with Crippen LogP contribution in [0.2, 0.25) is 0 Å². The van der Waals surface area contributed by atoms with Gasteiger partial charge in [0, 0.05) is 11.8 Å². The molecular formula is C14H11N3O2S. The molecule has 1 N–H and O–H groups in total. The number of rotatable bonds is 1. The third-order valence-corrected chi connectivity index (χ3v) is 3.73. The SMILES string of the molecule is Cc1cc(=O)n2c(n1)SC(=Cc1ccccc1)C(=O)N2. The van der Waals surface area contributed by atoms with E-state index in [0.717, 1.165) is 5.56 Å². The number of hydrogen-bond acceptors (Lipinski definition) is 4. The number of hydrogen-bond donors (Lipinski definition) is 1. The Kier molecular flexibility index (Phi) is 3.15. The van der Waals surface area contributed by atoms with Gasteiger partial charge in [0.1, 0.15) is 0 Å². The molecule has 0 unspecified atom stereocenters. The van der Waals surface area contributed by atoms with Crippen molar-refractivity contribution in [3.8, 4) is 0 Å². The Morgan fingerprint density at radius 3 is 2.75 bits per heavy atom. The van der Waals surface area contributed by atoms with Gasteiger partial charge in [-0.05, 0) is 30.3 Å². The minimum atomic E-state index is -0.306. The van der Waals surface area contributed by atoms with Gasteiger partial charge in [-0.15, -0.1) is 0 Å². The number of aryl methyl sites for hydroxylation is 1. The minimum Gasteiger partial charge on any atom is -0.267 e. The molecule has 0 radical (unpaired) electrons. The van der Waals surface area contributed by atoms with Gasteiger partial charge in [0.15, 0.2) is 5.16 Å². The fourth-order valence-corrected chi connectivity index (χ4v) is 2.79. The smallest absolute Gasteiger partial charge is 0.267 e. The zero-order valence-electron chi connectivity index (χ0n) is 10.7. The number of benzene rings is 1. The summed E-state index contributed by atoms with van der Waals surface area (Å²) >= 11 is 1.19. The van der Waals surface area contributed by atoms with Crippen molar-refractivity contribution in [2.75, 3.05) is 5.43 Å². The molecule has 1 aliphatic rings. The van der Waals surface area contributed by atoms with Crippen molar-refractivity contribution in [2.24, 2.45) is 0 Å². The van der Waals surface area contributed by atoms with E-state index in [1.807, 2.05) is 30.3 Å². The molecule has 0 spiro atoms. The lowest BCUT2D eigenvalue weighted by Crippen LogP contribution is -2.38. The zero-order valence-corrected chi connectivity index (χ0v) is 11.5. The van der Waals surface area contributed by atoms with Gasteiger partial charge in [0.05, 0.1) is 4.91 Å². The van der Waals surface area contributed by atoms with Gasteiger partial charge in [0.2, 0.25) is 0 Å². The Morgan fingerprint density at radius 1 is 1.25 bits per heavy atom. The van der Waals surface area contributed by atoms with Gasteiger partial charge in [-0.3, -0.25) is 15.0 Å². The Balaban J connectivity index is 2.03. The highest BCUT2D eigenvalue weighted by Crippen LogP contribution is 2.29. The fraction of sp³-hybridized carbons (Fsp3) is 0.0714. The quantitative estimate of drug-likeness (QED) is 0.640. The summed E-state index contributed by atoms with van der Waals surface area (Å²) in [5.41, 5.74) is 3.81. The molecule has 0 aliphatic carbocycles. The van der Waals surface area contributed by atoms with E-state index in [4.69, 9.17) is 0 Å². The van der Waals surface area contributed by atoms with Crippen LogP contribution >= 0.6 is 11.8 Å². The number of carbonyl (C=O) groups excluding carboxylic acids is 1. The topological polar surface area (TPSA) is 64.0 Å². The summed E-state index contributed by atoms with van der Waals surface area (Å²) < 4.78 is 1.17. The molecule has 0 saturated carbocycles. The van der Waals surface area contributed by atoms with Crippen molar-refractivity contribution in [2.45, 2.75) is 12.1 Å². The lowest BCUT2D eigenvalue weighted by Gasteiger charge is -2.19. The van der Waals surface area contributed by atoms with E-state index in [1.54, 1.807) is 13.0 Å². The average Bonchev–Trinajstić information content (AvgIpc) is 2.42. The van der Waals surface area contributed by atoms with E-state index in [-0.39, 0.29) is 11.5 Å². The Hall–Kier alpha value is -2.34. The number of fused-ring (bicyclic) bond motifs is 1. The first-order valence-electron chi connectivity index (χ1n) is 6.00. The molecular weight excluding hydrogens is 274 g/mol. The van der Waals surface area contributed by atoms with Crippen LogP contribution < -0.4 is 11.0 Å². The molecule has 0 bridgehead atoms. The monoisotopic (exact) mass is 285 g/mol. The van der Waals surface area contributed by atoms with Crippen molar-refractivity contribution >= 4 is 23.7 Å². The summed E-state index contributed by atoms with van der Waals surface area (Å²) in [6.07, 6.45) is 1.78. The van der Waals surface area contributed by atoms with Crippen molar-refractivity contribution in [1.82, 2.24) is 9.66 Å². The van der Waals surface area contributed by atoms with Crippen molar-refractivity contribution in [1.29, 1.82) is 0 Å². The number of nitrogens with zero attached hydrogens (tertiary/aromatic N) is 2. The van der Waals surface area contributed by atoms with Crippen LogP contribution in [0.25, 0.3) is 6.08 Å². The predicted molar refractivity (Wildman–Crippen MR) is 77.9 cm³/mol. The maximum absolute atomic E-state index is 12.0. The summed E-state index contributed by atoms with van der Waals surface area (Å²) in [5, 5.41) is 0.469. The summed E-state index contributed by atoms with van der Waals surface area (Å²) in [4.78, 5) is 28.6. The summed E-state index contributed by atoms with van der Waals surface area (Å²) in [6, 6.07) is 10.9. The highest BCUT2D eigenvalue weighted by molar-refractivity contribution is 8.04. The van der Waals surface area contributed by atoms with Crippen molar-refractivity contribution in [3.05, 3.63) is 62.9 Å². The number of thioether (sulfide) groups is 1. The van der Waals surface area contributed by atoms with E-state index in [9.17, 15) is 9.59 Å². The number of carbonyl (C=O) groups is 1. The first kappa shape index (κ1) is 12.7. The molecule has 5 nitrogen and oxygen atoms in total. The molecule has 1 aromatic heterocycles. The number of nitrogens with one attached hydrogen (secondary N) is 1. The first-order chi connectivity index (χ1) is 9.63. The maximum Gasteiger partial charge on any atom is 0.277 e. The highest BCUT2D eigenvalue weighted by atomic mass is 32.2. The lowest BCUT2D eigenvalue weighted by atomic mass is 10.2. The standard InChI is InChI=1S/C14H11N3O2S/c1-9-7-12(18)17-14(15-9)20-11(13(19)16-17)8-10-5-3-2-4-6-10/h2-8H,1H3,(H,16,19). The molecule has 1 aromatic carbocycles. The van der Waals surface area contributed by atoms with Crippen LogP contribution in [0, 0.1) is 6.92 Å². The van der Waals surface area contributed by atoms with Crippen LogP contribution in [0.1, 0.15) is 11.3 Å². The number of aromatic nitrogens is 2. The third kappa shape index (κ3) is 2.37. The molecule has 100 valence electrons. The molecule has 0 saturated heterocycles. The zero-order chi connectivity index (χ0) is 14.1. The lowest BCUT2D eigenvalue weighted by molar-refractivity contribution is -0.113. The van der Waals surface area contributed by atoms with E-state index < -0.39 is 0 Å². The highest BCUT2D eigenvalue weighted by Gasteiger charge is 2.23. The average molecular weight is 285 g/mol. The second-order valence-corrected chi connectivity index (χ2v) is 5.33. The van der Waals surface area contributed by atoms with E-state index in [1.165, 1.54) is 22.5 Å². The van der Waals surface area contributed by atoms with Crippen LogP contribution in [-0.2, 0) is 4.79 Å². The van der Waals surface area contributed by atoms with Gasteiger partial charge in [0.25, 0.3) is 11.5 Å². The molecule has 1 aliphatic heterocycles. The summed E-state index contributed by atoms with van der Waals surface area (Å²) in [6.45, 7) is 1.75. The van der Waals surface area contributed by atoms with Gasteiger partial charge in [-0.2, -0.15) is 4.68 Å². The van der Waals surface area contributed by atoms with Gasteiger partial charge in [-0.1, -0.05) is 30.3 Å². The summed E-state index contributed by atoms with van der Waals surface area (Å²) in [5.74, 6) is -0.306. The molecule has 20 heavy (non-hydrogen) atoms. The van der Waals surface area contributed by atoms with Crippen LogP contribution in [0.15, 0.2) is 51.3 Å². The Morgan fingerprint density at radius 2 is 2.00 bits per heavy atom. The van der Waals surface area contributed by atoms with E-state index in [2.05, 4.69) is 10.4 Å². The molecule has 1 amide bonds. The molecule has 0 atom stereocenters. The number of amides is 1. The van der Waals surface area contributed by atoms with Gasteiger partial charge < -0.3 is 0 Å². The fourth-order valence-electron chi connectivity index (χ4n) is 1.84. The summed E-state index contributed by atoms with van der Waals surface area (Å²) in [7, 11) is 0. The van der Waals surface area contributed by atoms with Crippen molar-refractivity contribution in [3.63, 3.8) is 0 Å². The van der Waals surface area contributed by atoms with Crippen LogP contribution in [0.4, 0.5) is 0 Å². The van der Waals surface area contributed by atoms with E-state index >= 15 is 0 Å². The van der Waals surface area contributed by atoms with Gasteiger partial charge >= 0.3 is 0 Å². The molecule has 0 fully saturated rings. The van der Waals surface area contributed by atoms with Crippen molar-refractivity contribution < 1.29 is 4.79 Å². The van der Waals surface area contributed by atoms with E-state index in [0.29, 0.717) is 15.8 Å². The Labute approximate surface area is 119 Å². The molecule has 3 rings (SSSR count). The third-order valence-electron chi connectivity index (χ3n) is 2.75. The second kappa shape index (κ2) is 4.97. The normalized spacial score (nSPS) is 15.8. The second-order valence-electron chi connectivity index (χ2n) is 4.32. The molecule has 2 aromatic rings. The van der Waals surface area contributed by atoms with Gasteiger partial charge in [-0.25, -0.2) is 4.98 Å². The minimum absolute atomic E-state index is 0.285. The van der Waals surface area contributed by atoms with Crippen LogP contribution in [0.3, 0.4) is 0 Å². The van der Waals surface area contributed by atoms with Crippen LogP contribution in [-0.4, -0.2) is 15.6 Å². The van der Waals surface area contributed by atoms with Crippen LogP contribution in [0.5, 0.6) is 0 Å². The molecule has 6 heteroatoms. The maximum atomic E-state index is 12.0. The first-order valence-corrected chi connectivity index (χ1v) is 6.82. The largest absolute Gasteiger partial charge is 0.277 e. The Bertz CT molecular complexity index is 766. The molecule has 2 heterocycles.